The van der Waals surface area contributed by atoms with Gasteiger partial charge >= 0.3 is 5.97 Å². The molecule has 0 aliphatic carbocycles. The van der Waals surface area contributed by atoms with Crippen LogP contribution in [-0.2, 0) is 19.6 Å². The summed E-state index contributed by atoms with van der Waals surface area (Å²) in [5.74, 6) is -1.10. The van der Waals surface area contributed by atoms with E-state index in [0.29, 0.717) is 5.56 Å². The van der Waals surface area contributed by atoms with Crippen LogP contribution in [0.2, 0.25) is 0 Å². The van der Waals surface area contributed by atoms with Crippen LogP contribution in [0.3, 0.4) is 0 Å². The van der Waals surface area contributed by atoms with Gasteiger partial charge in [-0.1, -0.05) is 36.4 Å². The van der Waals surface area contributed by atoms with Crippen molar-refractivity contribution in [2.75, 3.05) is 27.7 Å². The Morgan fingerprint density at radius 3 is 2.24 bits per heavy atom. The number of carbonyl (C=O) groups excluding carboxylic acids is 2. The van der Waals surface area contributed by atoms with Gasteiger partial charge in [0.1, 0.15) is 0 Å². The van der Waals surface area contributed by atoms with Crippen molar-refractivity contribution in [2.24, 2.45) is 0 Å². The molecule has 1 atom stereocenters. The third-order valence-electron chi connectivity index (χ3n) is 4.79. The maximum atomic E-state index is 12.5. The van der Waals surface area contributed by atoms with Gasteiger partial charge in [0.15, 0.2) is 6.61 Å². The summed E-state index contributed by atoms with van der Waals surface area (Å²) in [6, 6.07) is 13.6. The lowest BCUT2D eigenvalue weighted by molar-refractivity contribution is -0.135. The highest BCUT2D eigenvalue weighted by atomic mass is 32.2. The first-order valence-corrected chi connectivity index (χ1v) is 10.5. The third-order valence-corrected chi connectivity index (χ3v) is 6.60. The maximum absolute atomic E-state index is 12.5. The SMILES string of the molecule is Cc1ccc(S(=O)(=O)N(C)C)cc1C(=O)OCC(=O)N(C)[C@@H](C)c1ccccc1. The fraction of sp³-hybridized carbons (Fsp3) is 0.333. The molecule has 2 aromatic rings. The van der Waals surface area contributed by atoms with Gasteiger partial charge in [-0.25, -0.2) is 17.5 Å². The average molecular weight is 419 g/mol. The van der Waals surface area contributed by atoms with Gasteiger partial charge < -0.3 is 9.64 Å². The molecule has 0 saturated carbocycles. The van der Waals surface area contributed by atoms with Crippen LogP contribution in [0, 0.1) is 6.92 Å². The van der Waals surface area contributed by atoms with Gasteiger partial charge in [-0.05, 0) is 37.1 Å². The first-order valence-electron chi connectivity index (χ1n) is 9.06. The summed E-state index contributed by atoms with van der Waals surface area (Å²) in [4.78, 5) is 26.4. The zero-order valence-electron chi connectivity index (χ0n) is 17.2. The van der Waals surface area contributed by atoms with Crippen molar-refractivity contribution in [3.8, 4) is 0 Å². The maximum Gasteiger partial charge on any atom is 0.338 e. The molecule has 0 heterocycles. The van der Waals surface area contributed by atoms with Gasteiger partial charge in [-0.3, -0.25) is 4.79 Å². The molecule has 0 bridgehead atoms. The van der Waals surface area contributed by atoms with E-state index in [1.54, 1.807) is 20.0 Å². The number of amides is 1. The molecule has 0 aliphatic rings. The Bertz CT molecular complexity index is 987. The number of aryl methyl sites for hydroxylation is 1. The monoisotopic (exact) mass is 418 g/mol. The molecular weight excluding hydrogens is 392 g/mol. The van der Waals surface area contributed by atoms with Crippen molar-refractivity contribution in [2.45, 2.75) is 24.8 Å². The van der Waals surface area contributed by atoms with Crippen molar-refractivity contribution in [3.63, 3.8) is 0 Å². The van der Waals surface area contributed by atoms with E-state index in [-0.39, 0.29) is 22.4 Å². The summed E-state index contributed by atoms with van der Waals surface area (Å²) < 4.78 is 30.8. The summed E-state index contributed by atoms with van der Waals surface area (Å²) in [6.07, 6.45) is 0. The molecule has 0 radical (unpaired) electrons. The van der Waals surface area contributed by atoms with E-state index in [0.717, 1.165) is 9.87 Å². The number of nitrogens with zero attached hydrogens (tertiary/aromatic N) is 2. The summed E-state index contributed by atoms with van der Waals surface area (Å²) in [6.45, 7) is 3.12. The quantitative estimate of drug-likeness (QED) is 0.646. The molecule has 0 aromatic heterocycles. The average Bonchev–Trinajstić information content (AvgIpc) is 2.71. The van der Waals surface area contributed by atoms with Crippen molar-refractivity contribution < 1.29 is 22.7 Å². The number of likely N-dealkylation sites (N-methyl/N-ethyl adjacent to an activating group) is 1. The normalized spacial score (nSPS) is 12.5. The summed E-state index contributed by atoms with van der Waals surface area (Å²) >= 11 is 0. The van der Waals surface area contributed by atoms with Crippen molar-refractivity contribution >= 4 is 21.9 Å². The predicted molar refractivity (Wildman–Crippen MR) is 110 cm³/mol. The van der Waals surface area contributed by atoms with Crippen LogP contribution in [0.5, 0.6) is 0 Å². The van der Waals surface area contributed by atoms with Crippen molar-refractivity contribution in [1.82, 2.24) is 9.21 Å². The number of esters is 1. The second kappa shape index (κ2) is 9.19. The van der Waals surface area contributed by atoms with Gasteiger partial charge in [0.2, 0.25) is 10.0 Å². The van der Waals surface area contributed by atoms with Crippen LogP contribution >= 0.6 is 0 Å². The Morgan fingerprint density at radius 2 is 1.66 bits per heavy atom. The molecule has 1 amide bonds. The van der Waals surface area contributed by atoms with E-state index >= 15 is 0 Å². The minimum Gasteiger partial charge on any atom is -0.452 e. The van der Waals surface area contributed by atoms with Crippen LogP contribution in [0.1, 0.15) is 34.5 Å². The fourth-order valence-electron chi connectivity index (χ4n) is 2.67. The third kappa shape index (κ3) is 5.21. The summed E-state index contributed by atoms with van der Waals surface area (Å²) in [7, 11) is 0.781. The molecule has 8 heteroatoms. The van der Waals surface area contributed by atoms with Crippen LogP contribution in [-0.4, -0.2) is 57.2 Å². The molecule has 156 valence electrons. The van der Waals surface area contributed by atoms with Crippen LogP contribution in [0.4, 0.5) is 0 Å². The molecule has 0 saturated heterocycles. The van der Waals surface area contributed by atoms with E-state index in [1.165, 1.54) is 31.1 Å². The Balaban J connectivity index is 2.10. The largest absolute Gasteiger partial charge is 0.452 e. The Kier molecular flexibility index (Phi) is 7.16. The molecule has 0 fully saturated rings. The Labute approximate surface area is 171 Å². The van der Waals surface area contributed by atoms with Crippen LogP contribution in [0.15, 0.2) is 53.4 Å². The number of ether oxygens (including phenoxy) is 1. The minimum atomic E-state index is -3.69. The highest BCUT2D eigenvalue weighted by molar-refractivity contribution is 7.89. The molecular formula is C21H26N2O5S. The lowest BCUT2D eigenvalue weighted by Gasteiger charge is -2.25. The van der Waals surface area contributed by atoms with Crippen LogP contribution < -0.4 is 0 Å². The standard InChI is InChI=1S/C21H26N2O5S/c1-15-11-12-18(29(26,27)22(3)4)13-19(15)21(25)28-14-20(24)23(5)16(2)17-9-7-6-8-10-17/h6-13,16H,14H2,1-5H3/t16-/m0/s1. The first-order chi connectivity index (χ1) is 13.6. The molecule has 0 aliphatic heterocycles. The summed E-state index contributed by atoms with van der Waals surface area (Å²) in [5, 5.41) is 0. The van der Waals surface area contributed by atoms with Crippen LogP contribution in [0.25, 0.3) is 0 Å². The van der Waals surface area contributed by atoms with E-state index in [2.05, 4.69) is 0 Å². The second-order valence-electron chi connectivity index (χ2n) is 6.93. The van der Waals surface area contributed by atoms with E-state index < -0.39 is 22.6 Å². The predicted octanol–water partition coefficient (Wildman–Crippen LogP) is 2.62. The van der Waals surface area contributed by atoms with Gasteiger partial charge in [-0.15, -0.1) is 0 Å². The molecule has 0 N–H and O–H groups in total. The molecule has 0 spiro atoms. The Hall–Kier alpha value is -2.71. The molecule has 0 unspecified atom stereocenters. The topological polar surface area (TPSA) is 84.0 Å². The van der Waals surface area contributed by atoms with Gasteiger partial charge in [0.25, 0.3) is 5.91 Å². The zero-order chi connectivity index (χ0) is 21.8. The highest BCUT2D eigenvalue weighted by Crippen LogP contribution is 2.20. The minimum absolute atomic E-state index is 0.0128. The smallest absolute Gasteiger partial charge is 0.338 e. The van der Waals surface area contributed by atoms with Crippen molar-refractivity contribution in [1.29, 1.82) is 0 Å². The van der Waals surface area contributed by atoms with Gasteiger partial charge in [-0.2, -0.15) is 0 Å². The summed E-state index contributed by atoms with van der Waals surface area (Å²) in [5.41, 5.74) is 1.64. The van der Waals surface area contributed by atoms with E-state index in [4.69, 9.17) is 4.74 Å². The second-order valence-corrected chi connectivity index (χ2v) is 9.08. The number of hydrogen-bond donors (Lipinski definition) is 0. The van der Waals surface area contributed by atoms with Gasteiger partial charge in [0.05, 0.1) is 16.5 Å². The Morgan fingerprint density at radius 1 is 1.03 bits per heavy atom. The molecule has 2 aromatic carbocycles. The zero-order valence-corrected chi connectivity index (χ0v) is 18.1. The van der Waals surface area contributed by atoms with E-state index in [9.17, 15) is 18.0 Å². The number of sulfonamides is 1. The molecule has 2 rings (SSSR count). The molecule has 29 heavy (non-hydrogen) atoms. The lowest BCUT2D eigenvalue weighted by Crippen LogP contribution is -2.33. The van der Waals surface area contributed by atoms with Crippen molar-refractivity contribution in [3.05, 3.63) is 65.2 Å². The van der Waals surface area contributed by atoms with Gasteiger partial charge in [0, 0.05) is 21.1 Å². The number of hydrogen-bond acceptors (Lipinski definition) is 5. The number of carbonyl (C=O) groups is 2. The number of benzene rings is 2. The molecule has 7 nitrogen and oxygen atoms in total. The fourth-order valence-corrected chi connectivity index (χ4v) is 3.60. The lowest BCUT2D eigenvalue weighted by atomic mass is 10.1. The highest BCUT2D eigenvalue weighted by Gasteiger charge is 2.23. The first kappa shape index (κ1) is 22.6. The number of rotatable bonds is 7. The van der Waals surface area contributed by atoms with E-state index in [1.807, 2.05) is 37.3 Å².